The van der Waals surface area contributed by atoms with Crippen LogP contribution in [0.2, 0.25) is 0 Å². The molecule has 0 saturated heterocycles. The molecule has 2 aliphatic rings. The molecule has 0 bridgehead atoms. The number of hydrogen-bond donors (Lipinski definition) is 0. The number of nitrogens with zero attached hydrogens (tertiary/aromatic N) is 4. The molecule has 0 aromatic heterocycles. The maximum absolute atomic E-state index is 3.47. The van der Waals surface area contributed by atoms with Gasteiger partial charge in [0.15, 0.2) is 0 Å². The summed E-state index contributed by atoms with van der Waals surface area (Å²) in [4.78, 5) is 10.3. The molecular weight excluding hydrogens is 523 g/mol. The average Bonchev–Trinajstić information content (AvgIpc) is 3.24. The molecule has 6 heteroatoms. The van der Waals surface area contributed by atoms with Crippen molar-refractivity contribution in [2.24, 2.45) is 0 Å². The van der Waals surface area contributed by atoms with Crippen LogP contribution in [0.25, 0.3) is 0 Å². The van der Waals surface area contributed by atoms with Crippen molar-refractivity contribution in [1.29, 1.82) is 0 Å². The molecule has 2 heterocycles. The number of benzene rings is 2. The van der Waals surface area contributed by atoms with Gasteiger partial charge in [-0.3, -0.25) is 0 Å². The summed E-state index contributed by atoms with van der Waals surface area (Å²) >= 11 is 1.67. The maximum Gasteiger partial charge on any atom is 4.00 e. The molecule has 134 valence electrons. The molecule has 0 atom stereocenters. The van der Waals surface area contributed by atoms with Crippen molar-refractivity contribution >= 4 is 23.1 Å². The molecule has 2 aliphatic heterocycles. The van der Waals surface area contributed by atoms with Gasteiger partial charge in [-0.15, -0.1) is 45.1 Å². The normalized spacial score (nSPS) is 15.8. The van der Waals surface area contributed by atoms with E-state index < -0.39 is 0 Å². The Morgan fingerprint density at radius 1 is 0.731 bits per heavy atom. The van der Waals surface area contributed by atoms with Crippen LogP contribution in [0.1, 0.15) is 0 Å². The van der Waals surface area contributed by atoms with E-state index >= 15 is 0 Å². The molecule has 0 radical (unpaired) electrons. The molecule has 0 spiro atoms. The predicted octanol–water partition coefficient (Wildman–Crippen LogP) is 4.12. The fourth-order valence-electron chi connectivity index (χ4n) is 2.60. The minimum Gasteiger partial charge on any atom is -0.510 e. The van der Waals surface area contributed by atoms with Gasteiger partial charge in [-0.05, 0) is 38.9 Å². The molecule has 0 amide bonds. The summed E-state index contributed by atoms with van der Waals surface area (Å²) in [6, 6.07) is 19.3. The number of hydrogen-bond acceptors (Lipinski definition) is 5. The van der Waals surface area contributed by atoms with E-state index in [4.69, 9.17) is 0 Å². The van der Waals surface area contributed by atoms with E-state index in [0.717, 1.165) is 21.2 Å². The van der Waals surface area contributed by atoms with Crippen molar-refractivity contribution in [2.75, 3.05) is 23.9 Å². The van der Waals surface area contributed by atoms with E-state index in [1.54, 1.807) is 11.8 Å². The van der Waals surface area contributed by atoms with Gasteiger partial charge in [-0.25, -0.2) is 0 Å². The molecule has 0 fully saturated rings. The summed E-state index contributed by atoms with van der Waals surface area (Å²) in [5.41, 5.74) is 2.05. The predicted molar refractivity (Wildman–Crippen MR) is 102 cm³/mol. The monoisotopic (exact) mass is 541 g/mol. The third-order valence-electron chi connectivity index (χ3n) is 3.82. The van der Waals surface area contributed by atoms with Crippen LogP contribution >= 0.6 is 11.8 Å². The quantitative estimate of drug-likeness (QED) is 0.539. The first-order chi connectivity index (χ1) is 12.2. The summed E-state index contributed by atoms with van der Waals surface area (Å²) in [7, 11) is 4.02. The molecule has 0 N–H and O–H groups in total. The summed E-state index contributed by atoms with van der Waals surface area (Å²) in [6.07, 6.45) is 8.09. The largest absolute Gasteiger partial charge is 4.00 e. The molecule has 2 aromatic rings. The van der Waals surface area contributed by atoms with Crippen LogP contribution in [0.4, 0.5) is 11.4 Å². The fraction of sp³-hybridized carbons (Fsp3) is 0.100. The summed E-state index contributed by atoms with van der Waals surface area (Å²) < 4.78 is 0. The van der Waals surface area contributed by atoms with E-state index in [1.165, 1.54) is 0 Å². The molecule has 4 rings (SSSR count). The molecule has 0 saturated carbocycles. The second-order valence-corrected chi connectivity index (χ2v) is 6.96. The van der Waals surface area contributed by atoms with Crippen LogP contribution in [0.3, 0.4) is 0 Å². The Morgan fingerprint density at radius 2 is 1.19 bits per heavy atom. The van der Waals surface area contributed by atoms with E-state index in [9.17, 15) is 0 Å². The molecule has 4 nitrogen and oxygen atoms in total. The Hall–Kier alpha value is -1.84. The zero-order valence-corrected chi connectivity index (χ0v) is 17.5. The van der Waals surface area contributed by atoms with Crippen molar-refractivity contribution in [1.82, 2.24) is 9.80 Å². The van der Waals surface area contributed by atoms with E-state index in [1.807, 2.05) is 62.0 Å². The van der Waals surface area contributed by atoms with Gasteiger partial charge in [0.2, 0.25) is 0 Å². The number of rotatable bonds is 4. The van der Waals surface area contributed by atoms with Crippen molar-refractivity contribution < 1.29 is 21.1 Å². The van der Waals surface area contributed by atoms with Crippen LogP contribution in [0.5, 0.6) is 0 Å². The third-order valence-corrected chi connectivity index (χ3v) is 4.74. The standard InChI is InChI=1S/C20H18N4S.Pt/c1-21-9-11-23(15-21)17-5-3-7-19(13-17)25-20-8-4-6-18(14-20)24-12-10-22(2)16-24;/h3-12,15-16H,1-2H3;/q-4;+4. The van der Waals surface area contributed by atoms with Gasteiger partial charge in [0.1, 0.15) is 0 Å². The zero-order chi connectivity index (χ0) is 17.2. The third kappa shape index (κ3) is 4.28. The topological polar surface area (TPSA) is 13.0 Å². The number of anilines is 2. The Balaban J connectivity index is 0.00000196. The van der Waals surface area contributed by atoms with Crippen molar-refractivity contribution in [3.05, 3.63) is 86.7 Å². The SMILES string of the molecule is CN1C=CN(c2[c-]c(Sc3[c-]c(N4C=CN(C)[CH-]4)ccc3)ccc2)[CH-]1.[Pt+4]. The van der Waals surface area contributed by atoms with Crippen molar-refractivity contribution in [2.45, 2.75) is 9.79 Å². The summed E-state index contributed by atoms with van der Waals surface area (Å²) in [5, 5.41) is 0. The summed E-state index contributed by atoms with van der Waals surface area (Å²) in [6.45, 7) is 4.05. The first-order valence-corrected chi connectivity index (χ1v) is 8.79. The average molecular weight is 542 g/mol. The van der Waals surface area contributed by atoms with Gasteiger partial charge in [-0.1, -0.05) is 0 Å². The minimum atomic E-state index is 0. The molecular formula is C20H18N4PtS. The Bertz CT molecular complexity index is 755. The van der Waals surface area contributed by atoms with Crippen LogP contribution in [-0.4, -0.2) is 23.9 Å². The van der Waals surface area contributed by atoms with Crippen molar-refractivity contribution in [3.63, 3.8) is 0 Å². The van der Waals surface area contributed by atoms with Gasteiger partial charge < -0.3 is 19.6 Å². The Morgan fingerprint density at radius 3 is 1.58 bits per heavy atom. The molecule has 0 aliphatic carbocycles. The van der Waals surface area contributed by atoms with Gasteiger partial charge in [-0.2, -0.15) is 49.7 Å². The van der Waals surface area contributed by atoms with Crippen LogP contribution in [0.15, 0.2) is 71.0 Å². The first kappa shape index (κ1) is 18.9. The molecule has 26 heavy (non-hydrogen) atoms. The second kappa shape index (κ2) is 8.24. The zero-order valence-electron chi connectivity index (χ0n) is 14.4. The van der Waals surface area contributed by atoms with Gasteiger partial charge >= 0.3 is 21.1 Å². The second-order valence-electron chi connectivity index (χ2n) is 5.88. The maximum atomic E-state index is 3.47. The van der Waals surface area contributed by atoms with Crippen LogP contribution in [-0.2, 0) is 21.1 Å². The Labute approximate surface area is 174 Å². The molecule has 2 aromatic carbocycles. The van der Waals surface area contributed by atoms with Gasteiger partial charge in [0.25, 0.3) is 0 Å². The smallest absolute Gasteiger partial charge is 0.510 e. The van der Waals surface area contributed by atoms with Crippen LogP contribution in [0, 0.1) is 25.5 Å². The van der Waals surface area contributed by atoms with E-state index in [2.05, 4.69) is 58.3 Å². The van der Waals surface area contributed by atoms with Gasteiger partial charge in [0, 0.05) is 0 Å². The van der Waals surface area contributed by atoms with Gasteiger partial charge in [0.05, 0.1) is 0 Å². The first-order valence-electron chi connectivity index (χ1n) is 7.97. The minimum absolute atomic E-state index is 0. The fourth-order valence-corrected chi connectivity index (χ4v) is 3.44. The van der Waals surface area contributed by atoms with Crippen molar-refractivity contribution in [3.8, 4) is 0 Å². The molecule has 0 unspecified atom stereocenters. The van der Waals surface area contributed by atoms with E-state index in [-0.39, 0.29) is 21.1 Å². The Kier molecular flexibility index (Phi) is 6.00. The van der Waals surface area contributed by atoms with E-state index in [0.29, 0.717) is 0 Å². The summed E-state index contributed by atoms with van der Waals surface area (Å²) in [5.74, 6) is 0. The van der Waals surface area contributed by atoms with Crippen LogP contribution < -0.4 is 9.80 Å².